The van der Waals surface area contributed by atoms with Crippen LogP contribution in [0.2, 0.25) is 0 Å². The van der Waals surface area contributed by atoms with Gasteiger partial charge in [-0.1, -0.05) is 20.8 Å². The highest BCUT2D eigenvalue weighted by Gasteiger charge is 2.25. The molecule has 21 heavy (non-hydrogen) atoms. The summed E-state index contributed by atoms with van der Waals surface area (Å²) in [4.78, 5) is 18.3. The van der Waals surface area contributed by atoms with E-state index in [0.717, 1.165) is 31.9 Å². The van der Waals surface area contributed by atoms with Crippen molar-refractivity contribution >= 4 is 24.2 Å². The number of rotatable bonds is 5. The minimum atomic E-state index is -0.221. The SMILES string of the molecule is CCN[C@H]1CCN(c2ncccc2OC(=O)C(C)C)C1.Cl. The molecule has 0 bridgehead atoms. The van der Waals surface area contributed by atoms with Crippen molar-refractivity contribution in [2.24, 2.45) is 5.92 Å². The first-order chi connectivity index (χ1) is 9.61. The van der Waals surface area contributed by atoms with E-state index in [1.807, 2.05) is 19.9 Å². The molecule has 5 nitrogen and oxygen atoms in total. The van der Waals surface area contributed by atoms with Crippen LogP contribution in [0.1, 0.15) is 27.2 Å². The van der Waals surface area contributed by atoms with Crippen LogP contribution in [-0.2, 0) is 4.79 Å². The summed E-state index contributed by atoms with van der Waals surface area (Å²) in [5.74, 6) is 0.961. The molecule has 1 aliphatic heterocycles. The van der Waals surface area contributed by atoms with Gasteiger partial charge in [0.2, 0.25) is 0 Å². The van der Waals surface area contributed by atoms with Gasteiger partial charge in [0.15, 0.2) is 11.6 Å². The van der Waals surface area contributed by atoms with Crippen molar-refractivity contribution in [2.75, 3.05) is 24.5 Å². The third kappa shape index (κ3) is 4.58. The van der Waals surface area contributed by atoms with Crippen molar-refractivity contribution in [2.45, 2.75) is 33.2 Å². The Morgan fingerprint density at radius 3 is 3.00 bits per heavy atom. The number of carbonyl (C=O) groups excluding carboxylic acids is 1. The van der Waals surface area contributed by atoms with Crippen molar-refractivity contribution < 1.29 is 9.53 Å². The van der Waals surface area contributed by atoms with Gasteiger partial charge >= 0.3 is 5.97 Å². The molecule has 1 aliphatic rings. The molecule has 1 aromatic rings. The zero-order valence-electron chi connectivity index (χ0n) is 12.8. The van der Waals surface area contributed by atoms with E-state index in [1.54, 1.807) is 12.3 Å². The summed E-state index contributed by atoms with van der Waals surface area (Å²) < 4.78 is 5.45. The van der Waals surface area contributed by atoms with Crippen LogP contribution >= 0.6 is 12.4 Å². The van der Waals surface area contributed by atoms with Crippen LogP contribution in [0.5, 0.6) is 5.75 Å². The second kappa shape index (κ2) is 8.20. The Morgan fingerprint density at radius 1 is 1.57 bits per heavy atom. The van der Waals surface area contributed by atoms with Crippen molar-refractivity contribution in [1.29, 1.82) is 0 Å². The summed E-state index contributed by atoms with van der Waals surface area (Å²) >= 11 is 0. The van der Waals surface area contributed by atoms with Gasteiger partial charge in [-0.05, 0) is 25.1 Å². The fourth-order valence-electron chi connectivity index (χ4n) is 2.33. The van der Waals surface area contributed by atoms with Gasteiger partial charge in [0.25, 0.3) is 0 Å². The molecule has 1 aromatic heterocycles. The molecule has 2 heterocycles. The van der Waals surface area contributed by atoms with Crippen LogP contribution in [0.3, 0.4) is 0 Å². The van der Waals surface area contributed by atoms with Gasteiger partial charge in [0.1, 0.15) is 0 Å². The third-order valence-corrected chi connectivity index (χ3v) is 3.41. The number of nitrogens with one attached hydrogen (secondary N) is 1. The van der Waals surface area contributed by atoms with E-state index < -0.39 is 0 Å². The fraction of sp³-hybridized carbons (Fsp3) is 0.600. The number of carbonyl (C=O) groups is 1. The number of esters is 1. The van der Waals surface area contributed by atoms with Crippen LogP contribution < -0.4 is 15.0 Å². The number of hydrogen-bond acceptors (Lipinski definition) is 5. The highest BCUT2D eigenvalue weighted by atomic mass is 35.5. The summed E-state index contributed by atoms with van der Waals surface area (Å²) in [5.41, 5.74) is 0. The molecule has 1 saturated heterocycles. The molecule has 6 heteroatoms. The van der Waals surface area contributed by atoms with Crippen molar-refractivity contribution in [3.05, 3.63) is 18.3 Å². The first kappa shape index (κ1) is 17.7. The zero-order chi connectivity index (χ0) is 14.5. The number of aromatic nitrogens is 1. The van der Waals surface area contributed by atoms with Crippen molar-refractivity contribution in [3.8, 4) is 5.75 Å². The highest BCUT2D eigenvalue weighted by Crippen LogP contribution is 2.28. The molecule has 0 saturated carbocycles. The normalized spacial score (nSPS) is 17.7. The summed E-state index contributed by atoms with van der Waals surface area (Å²) in [5, 5.41) is 3.45. The number of halogens is 1. The number of ether oxygens (including phenoxy) is 1. The van der Waals surface area contributed by atoms with Gasteiger partial charge in [0.05, 0.1) is 5.92 Å². The average molecular weight is 314 g/mol. The molecule has 0 amide bonds. The van der Waals surface area contributed by atoms with Crippen LogP contribution in [0, 0.1) is 5.92 Å². The van der Waals surface area contributed by atoms with E-state index in [2.05, 4.69) is 22.1 Å². The molecular weight excluding hydrogens is 290 g/mol. The molecular formula is C15H24ClN3O2. The Kier molecular flexibility index (Phi) is 6.92. The van der Waals surface area contributed by atoms with Gasteiger partial charge in [-0.3, -0.25) is 4.79 Å². The lowest BCUT2D eigenvalue weighted by molar-refractivity contribution is -0.137. The van der Waals surface area contributed by atoms with Crippen molar-refractivity contribution in [3.63, 3.8) is 0 Å². The maximum absolute atomic E-state index is 11.8. The molecule has 0 aliphatic carbocycles. The van der Waals surface area contributed by atoms with Crippen molar-refractivity contribution in [1.82, 2.24) is 10.3 Å². The standard InChI is InChI=1S/C15H23N3O2.ClH/c1-4-16-12-7-9-18(10-12)14-13(6-5-8-17-14)20-15(19)11(2)3;/h5-6,8,11-12,16H,4,7,9-10H2,1-3H3;1H/t12-;/m0./s1. The average Bonchev–Trinajstić information content (AvgIpc) is 2.88. The molecule has 1 N–H and O–H groups in total. The Hall–Kier alpha value is -1.33. The van der Waals surface area contributed by atoms with E-state index in [0.29, 0.717) is 11.8 Å². The number of likely N-dealkylation sites (N-methyl/N-ethyl adjacent to an activating group) is 1. The Bertz CT molecular complexity index is 468. The van der Waals surface area contributed by atoms with Gasteiger partial charge in [-0.15, -0.1) is 12.4 Å². The van der Waals surface area contributed by atoms with Crippen LogP contribution in [0.25, 0.3) is 0 Å². The molecule has 0 spiro atoms. The van der Waals surface area contributed by atoms with Gasteiger partial charge < -0.3 is 15.0 Å². The minimum absolute atomic E-state index is 0. The number of anilines is 1. The zero-order valence-corrected chi connectivity index (χ0v) is 13.7. The Morgan fingerprint density at radius 2 is 2.33 bits per heavy atom. The monoisotopic (exact) mass is 313 g/mol. The van der Waals surface area contributed by atoms with Crippen LogP contribution in [0.4, 0.5) is 5.82 Å². The maximum Gasteiger partial charge on any atom is 0.313 e. The van der Waals surface area contributed by atoms with Crippen LogP contribution in [0.15, 0.2) is 18.3 Å². The van der Waals surface area contributed by atoms with E-state index in [4.69, 9.17) is 4.74 Å². The minimum Gasteiger partial charge on any atom is -0.422 e. The Labute approximate surface area is 132 Å². The van der Waals surface area contributed by atoms with E-state index in [9.17, 15) is 4.79 Å². The highest BCUT2D eigenvalue weighted by molar-refractivity contribution is 5.85. The summed E-state index contributed by atoms with van der Waals surface area (Å²) in [7, 11) is 0. The number of nitrogens with zero attached hydrogens (tertiary/aromatic N) is 2. The fourth-order valence-corrected chi connectivity index (χ4v) is 2.33. The molecule has 1 atom stereocenters. The molecule has 0 unspecified atom stereocenters. The molecule has 0 aromatic carbocycles. The predicted molar refractivity (Wildman–Crippen MR) is 86.3 cm³/mol. The topological polar surface area (TPSA) is 54.5 Å². The van der Waals surface area contributed by atoms with E-state index in [-0.39, 0.29) is 24.3 Å². The number of pyridine rings is 1. The summed E-state index contributed by atoms with van der Waals surface area (Å²) in [6.07, 6.45) is 2.82. The number of hydrogen-bond donors (Lipinski definition) is 1. The maximum atomic E-state index is 11.8. The van der Waals surface area contributed by atoms with Gasteiger partial charge in [-0.25, -0.2) is 4.98 Å². The first-order valence-corrected chi connectivity index (χ1v) is 7.26. The second-order valence-electron chi connectivity index (χ2n) is 5.39. The van der Waals surface area contributed by atoms with Crippen LogP contribution in [-0.4, -0.2) is 36.6 Å². The summed E-state index contributed by atoms with van der Waals surface area (Å²) in [6.45, 7) is 8.57. The molecule has 1 fully saturated rings. The molecule has 2 rings (SSSR count). The molecule has 118 valence electrons. The lowest BCUT2D eigenvalue weighted by atomic mass is 10.2. The lowest BCUT2D eigenvalue weighted by Crippen LogP contribution is -2.32. The largest absolute Gasteiger partial charge is 0.422 e. The predicted octanol–water partition coefficient (Wildman–Crippen LogP) is 2.25. The quantitative estimate of drug-likeness (QED) is 0.845. The lowest BCUT2D eigenvalue weighted by Gasteiger charge is -2.20. The third-order valence-electron chi connectivity index (χ3n) is 3.41. The Balaban J connectivity index is 0.00000220. The smallest absolute Gasteiger partial charge is 0.313 e. The molecule has 0 radical (unpaired) electrons. The second-order valence-corrected chi connectivity index (χ2v) is 5.39. The summed E-state index contributed by atoms with van der Waals surface area (Å²) in [6, 6.07) is 4.09. The van der Waals surface area contributed by atoms with Gasteiger partial charge in [0, 0.05) is 25.3 Å². The van der Waals surface area contributed by atoms with E-state index >= 15 is 0 Å². The first-order valence-electron chi connectivity index (χ1n) is 7.26. The van der Waals surface area contributed by atoms with Gasteiger partial charge in [-0.2, -0.15) is 0 Å². The van der Waals surface area contributed by atoms with E-state index in [1.165, 1.54) is 0 Å².